The minimum Gasteiger partial charge on any atom is -0.300 e. The van der Waals surface area contributed by atoms with Crippen LogP contribution < -0.4 is 0 Å². The van der Waals surface area contributed by atoms with Crippen molar-refractivity contribution in [2.75, 3.05) is 13.6 Å². The van der Waals surface area contributed by atoms with E-state index in [0.717, 1.165) is 17.4 Å². The summed E-state index contributed by atoms with van der Waals surface area (Å²) in [5.41, 5.74) is 4.13. The van der Waals surface area contributed by atoms with Crippen LogP contribution in [0.15, 0.2) is 30.3 Å². The molecular formula is C15H16ClNS. The number of rotatable bonds is 1. The minimum atomic E-state index is 0.461. The lowest BCUT2D eigenvalue weighted by molar-refractivity contribution is 0.299. The van der Waals surface area contributed by atoms with Crippen molar-refractivity contribution in [3.8, 4) is 0 Å². The van der Waals surface area contributed by atoms with Gasteiger partial charge in [0, 0.05) is 23.9 Å². The summed E-state index contributed by atoms with van der Waals surface area (Å²) >= 11 is 7.90. The van der Waals surface area contributed by atoms with Gasteiger partial charge in [-0.15, -0.1) is 11.3 Å². The summed E-state index contributed by atoms with van der Waals surface area (Å²) in [5, 5.41) is 0. The third kappa shape index (κ3) is 2.20. The van der Waals surface area contributed by atoms with Gasteiger partial charge in [-0.2, -0.15) is 0 Å². The number of aryl methyl sites for hydroxylation is 1. The summed E-state index contributed by atoms with van der Waals surface area (Å²) in [5.74, 6) is 0.461. The van der Waals surface area contributed by atoms with E-state index in [1.54, 1.807) is 11.3 Å². The lowest BCUT2D eigenvalue weighted by Crippen LogP contribution is -2.29. The molecule has 1 aromatic heterocycles. The molecule has 0 saturated carbocycles. The second kappa shape index (κ2) is 4.69. The molecule has 18 heavy (non-hydrogen) atoms. The highest BCUT2D eigenvalue weighted by Gasteiger charge is 2.26. The zero-order valence-electron chi connectivity index (χ0n) is 10.6. The number of thiophene rings is 1. The van der Waals surface area contributed by atoms with Gasteiger partial charge in [0.15, 0.2) is 0 Å². The van der Waals surface area contributed by atoms with Crippen molar-refractivity contribution in [2.24, 2.45) is 0 Å². The van der Waals surface area contributed by atoms with Gasteiger partial charge in [0.2, 0.25) is 0 Å². The first kappa shape index (κ1) is 12.2. The third-order valence-corrected chi connectivity index (χ3v) is 4.84. The Bertz CT molecular complexity index is 558. The van der Waals surface area contributed by atoms with E-state index >= 15 is 0 Å². The first-order valence-corrected chi connectivity index (χ1v) is 7.36. The fourth-order valence-electron chi connectivity index (χ4n) is 2.63. The molecule has 1 aliphatic heterocycles. The van der Waals surface area contributed by atoms with Crippen molar-refractivity contribution in [1.29, 1.82) is 0 Å². The molecule has 0 N–H and O–H groups in total. The fraction of sp³-hybridized carbons (Fsp3) is 0.333. The van der Waals surface area contributed by atoms with Crippen LogP contribution in [-0.2, 0) is 6.54 Å². The summed E-state index contributed by atoms with van der Waals surface area (Å²) < 4.78 is 0.910. The summed E-state index contributed by atoms with van der Waals surface area (Å²) in [7, 11) is 2.18. The van der Waals surface area contributed by atoms with E-state index in [4.69, 9.17) is 11.6 Å². The van der Waals surface area contributed by atoms with Crippen molar-refractivity contribution in [3.05, 3.63) is 56.2 Å². The summed E-state index contributed by atoms with van der Waals surface area (Å²) in [6, 6.07) is 11.0. The molecule has 1 nitrogen and oxygen atoms in total. The first-order valence-electron chi connectivity index (χ1n) is 6.16. The molecule has 0 spiro atoms. The van der Waals surface area contributed by atoms with Crippen LogP contribution in [0.2, 0.25) is 4.34 Å². The maximum atomic E-state index is 6.18. The maximum absolute atomic E-state index is 6.18. The van der Waals surface area contributed by atoms with E-state index in [9.17, 15) is 0 Å². The average molecular weight is 278 g/mol. The van der Waals surface area contributed by atoms with Crippen LogP contribution in [0.3, 0.4) is 0 Å². The maximum Gasteiger partial charge on any atom is 0.0934 e. The van der Waals surface area contributed by atoms with Gasteiger partial charge in [-0.3, -0.25) is 0 Å². The number of fused-ring (bicyclic) bond motifs is 1. The summed E-state index contributed by atoms with van der Waals surface area (Å²) in [6.07, 6.45) is 0. The Morgan fingerprint density at radius 1 is 1.28 bits per heavy atom. The van der Waals surface area contributed by atoms with Crippen molar-refractivity contribution >= 4 is 22.9 Å². The lowest BCUT2D eigenvalue weighted by Gasteiger charge is -2.30. The molecule has 0 saturated heterocycles. The Balaban J connectivity index is 2.04. The van der Waals surface area contributed by atoms with Gasteiger partial charge in [0.05, 0.1) is 4.34 Å². The molecule has 1 atom stereocenters. The highest BCUT2D eigenvalue weighted by Crippen LogP contribution is 2.39. The fourth-order valence-corrected chi connectivity index (χ4v) is 4.05. The number of hydrogen-bond acceptors (Lipinski definition) is 2. The van der Waals surface area contributed by atoms with Gasteiger partial charge in [0.25, 0.3) is 0 Å². The van der Waals surface area contributed by atoms with Crippen LogP contribution in [0.4, 0.5) is 0 Å². The smallest absolute Gasteiger partial charge is 0.0934 e. The molecule has 1 aliphatic rings. The van der Waals surface area contributed by atoms with Gasteiger partial charge >= 0.3 is 0 Å². The molecule has 94 valence electrons. The highest BCUT2D eigenvalue weighted by molar-refractivity contribution is 7.16. The number of benzene rings is 1. The Labute approximate surface area is 117 Å². The van der Waals surface area contributed by atoms with E-state index in [1.807, 2.05) is 0 Å². The molecule has 0 aliphatic carbocycles. The van der Waals surface area contributed by atoms with E-state index in [2.05, 4.69) is 49.2 Å². The molecule has 3 rings (SSSR count). The summed E-state index contributed by atoms with van der Waals surface area (Å²) in [6.45, 7) is 4.22. The van der Waals surface area contributed by atoms with Crippen LogP contribution in [-0.4, -0.2) is 18.5 Å². The lowest BCUT2D eigenvalue weighted by atomic mass is 9.88. The van der Waals surface area contributed by atoms with E-state index in [1.165, 1.54) is 21.6 Å². The van der Waals surface area contributed by atoms with Crippen LogP contribution >= 0.6 is 22.9 Å². The first-order chi connectivity index (χ1) is 8.63. The second-order valence-electron chi connectivity index (χ2n) is 5.09. The zero-order chi connectivity index (χ0) is 12.7. The molecule has 1 aromatic carbocycles. The van der Waals surface area contributed by atoms with E-state index in [0.29, 0.717) is 5.92 Å². The topological polar surface area (TPSA) is 3.24 Å². The van der Waals surface area contributed by atoms with Gasteiger partial charge in [-0.05, 0) is 31.2 Å². The van der Waals surface area contributed by atoms with Crippen molar-refractivity contribution in [3.63, 3.8) is 0 Å². The number of likely N-dealkylation sites (N-methyl/N-ethyl adjacent to an activating group) is 1. The predicted molar refractivity (Wildman–Crippen MR) is 78.7 cm³/mol. The standard InChI is InChI=1S/C15H16ClNS/c1-10-3-5-11(6-4-10)13-8-17(2)9-14-12(13)7-15(16)18-14/h3-7,13H,8-9H2,1-2H3. The number of halogens is 1. The molecule has 0 amide bonds. The molecule has 2 heterocycles. The Morgan fingerprint density at radius 3 is 2.72 bits per heavy atom. The molecule has 1 unspecified atom stereocenters. The van der Waals surface area contributed by atoms with E-state index < -0.39 is 0 Å². The predicted octanol–water partition coefficient (Wildman–Crippen LogP) is 4.29. The van der Waals surface area contributed by atoms with Crippen molar-refractivity contribution < 1.29 is 0 Å². The van der Waals surface area contributed by atoms with Crippen molar-refractivity contribution in [1.82, 2.24) is 4.90 Å². The molecule has 2 aromatic rings. The van der Waals surface area contributed by atoms with Gasteiger partial charge in [-0.25, -0.2) is 0 Å². The Morgan fingerprint density at radius 2 is 2.00 bits per heavy atom. The van der Waals surface area contributed by atoms with Gasteiger partial charge in [0.1, 0.15) is 0 Å². The molecule has 0 bridgehead atoms. The normalized spacial score (nSPS) is 19.8. The molecule has 0 fully saturated rings. The van der Waals surface area contributed by atoms with Crippen molar-refractivity contribution in [2.45, 2.75) is 19.4 Å². The Hall–Kier alpha value is -0.830. The average Bonchev–Trinajstić information content (AvgIpc) is 2.69. The second-order valence-corrected chi connectivity index (χ2v) is 6.86. The summed E-state index contributed by atoms with van der Waals surface area (Å²) in [4.78, 5) is 3.79. The molecule has 0 radical (unpaired) electrons. The third-order valence-electron chi connectivity index (χ3n) is 3.57. The van der Waals surface area contributed by atoms with Crippen LogP contribution in [0.5, 0.6) is 0 Å². The number of nitrogens with zero attached hydrogens (tertiary/aromatic N) is 1. The van der Waals surface area contributed by atoms with Crippen LogP contribution in [0.25, 0.3) is 0 Å². The monoisotopic (exact) mass is 277 g/mol. The van der Waals surface area contributed by atoms with Crippen LogP contribution in [0.1, 0.15) is 27.5 Å². The minimum absolute atomic E-state index is 0.461. The number of hydrogen-bond donors (Lipinski definition) is 0. The molecule has 3 heteroatoms. The SMILES string of the molecule is Cc1ccc(C2CN(C)Cc3sc(Cl)cc32)cc1. The molecular weight excluding hydrogens is 262 g/mol. The quantitative estimate of drug-likeness (QED) is 0.752. The Kier molecular flexibility index (Phi) is 3.18. The van der Waals surface area contributed by atoms with Gasteiger partial charge < -0.3 is 4.90 Å². The zero-order valence-corrected chi connectivity index (χ0v) is 12.2. The van der Waals surface area contributed by atoms with E-state index in [-0.39, 0.29) is 0 Å². The largest absolute Gasteiger partial charge is 0.300 e. The van der Waals surface area contributed by atoms with Crippen LogP contribution in [0, 0.1) is 6.92 Å². The highest BCUT2D eigenvalue weighted by atomic mass is 35.5. The van der Waals surface area contributed by atoms with Gasteiger partial charge in [-0.1, -0.05) is 41.4 Å².